The summed E-state index contributed by atoms with van der Waals surface area (Å²) >= 11 is 0. The largest absolute Gasteiger partial charge is 0.494 e. The van der Waals surface area contributed by atoms with Crippen LogP contribution in [-0.2, 0) is 16.4 Å². The van der Waals surface area contributed by atoms with Crippen molar-refractivity contribution in [3.8, 4) is 17.0 Å². The summed E-state index contributed by atoms with van der Waals surface area (Å²) in [4.78, 5) is 4.52. The monoisotopic (exact) mass is 438 g/mol. The maximum Gasteiger partial charge on any atom is 0.264 e. The molecule has 0 spiro atoms. The average Bonchev–Trinajstić information content (AvgIpc) is 3.16. The van der Waals surface area contributed by atoms with E-state index in [0.29, 0.717) is 17.9 Å². The molecule has 0 bridgehead atoms. The number of nitrogens with zero attached hydrogens (tertiary/aromatic N) is 1. The van der Waals surface area contributed by atoms with Gasteiger partial charge in [0.15, 0.2) is 11.6 Å². The van der Waals surface area contributed by atoms with Gasteiger partial charge in [-0.2, -0.15) is 0 Å². The number of halogens is 1. The molecule has 0 fully saturated rings. The summed E-state index contributed by atoms with van der Waals surface area (Å²) in [6.45, 7) is 0. The molecule has 0 aliphatic heterocycles. The van der Waals surface area contributed by atoms with Gasteiger partial charge in [-0.15, -0.1) is 0 Å². The molecule has 4 rings (SSSR count). The SMILES string of the molecule is COc1ccc(-c2nc(Cc3ccccc3)oc2NS(=O)(=O)c2ccccc2)cc1F. The van der Waals surface area contributed by atoms with Crippen LogP contribution < -0.4 is 9.46 Å². The predicted molar refractivity (Wildman–Crippen MR) is 115 cm³/mol. The third-order valence-corrected chi connectivity index (χ3v) is 5.92. The van der Waals surface area contributed by atoms with Crippen molar-refractivity contribution in [2.45, 2.75) is 11.3 Å². The lowest BCUT2D eigenvalue weighted by Crippen LogP contribution is -2.13. The number of methoxy groups -OCH3 is 1. The first-order valence-electron chi connectivity index (χ1n) is 9.41. The quantitative estimate of drug-likeness (QED) is 0.445. The van der Waals surface area contributed by atoms with Crippen molar-refractivity contribution in [3.63, 3.8) is 0 Å². The molecule has 0 atom stereocenters. The second-order valence-electron chi connectivity index (χ2n) is 6.72. The van der Waals surface area contributed by atoms with Gasteiger partial charge in [-0.1, -0.05) is 48.5 Å². The van der Waals surface area contributed by atoms with Crippen molar-refractivity contribution in [2.75, 3.05) is 11.8 Å². The smallest absolute Gasteiger partial charge is 0.264 e. The minimum Gasteiger partial charge on any atom is -0.494 e. The molecule has 158 valence electrons. The lowest BCUT2D eigenvalue weighted by molar-refractivity contribution is 0.386. The summed E-state index contributed by atoms with van der Waals surface area (Å²) in [7, 11) is -2.56. The zero-order valence-corrected chi connectivity index (χ0v) is 17.4. The van der Waals surface area contributed by atoms with Gasteiger partial charge < -0.3 is 9.15 Å². The number of anilines is 1. The Morgan fingerprint density at radius 1 is 1.00 bits per heavy atom. The lowest BCUT2D eigenvalue weighted by Gasteiger charge is -2.08. The van der Waals surface area contributed by atoms with E-state index >= 15 is 0 Å². The summed E-state index contributed by atoms with van der Waals surface area (Å²) in [6.07, 6.45) is 0.347. The van der Waals surface area contributed by atoms with Gasteiger partial charge in [0, 0.05) is 12.0 Å². The van der Waals surface area contributed by atoms with Crippen LogP contribution in [0.2, 0.25) is 0 Å². The average molecular weight is 438 g/mol. The zero-order chi connectivity index (χ0) is 21.8. The Bertz CT molecular complexity index is 1290. The summed E-state index contributed by atoms with van der Waals surface area (Å²) in [5.74, 6) is -0.310. The zero-order valence-electron chi connectivity index (χ0n) is 16.6. The van der Waals surface area contributed by atoms with Crippen molar-refractivity contribution in [3.05, 3.63) is 96.1 Å². The van der Waals surface area contributed by atoms with E-state index in [1.54, 1.807) is 24.3 Å². The summed E-state index contributed by atoms with van der Waals surface area (Å²) in [5, 5.41) is 0. The molecule has 1 N–H and O–H groups in total. The van der Waals surface area contributed by atoms with E-state index in [9.17, 15) is 12.8 Å². The molecule has 8 heteroatoms. The molecular formula is C23H19FN2O4S. The second kappa shape index (κ2) is 8.61. The molecule has 1 aromatic heterocycles. The van der Waals surface area contributed by atoms with Gasteiger partial charge in [0.25, 0.3) is 10.0 Å². The number of hydrogen-bond donors (Lipinski definition) is 1. The number of sulfonamides is 1. The molecule has 0 aliphatic rings. The standard InChI is InChI=1S/C23H19FN2O4S/c1-29-20-13-12-17(15-19(20)24)22-23(26-31(27,28)18-10-6-3-7-11-18)30-21(25-22)14-16-8-4-2-5-9-16/h2-13,15,26H,14H2,1H3. The Morgan fingerprint density at radius 3 is 2.32 bits per heavy atom. The fourth-order valence-electron chi connectivity index (χ4n) is 3.07. The van der Waals surface area contributed by atoms with Gasteiger partial charge in [0.2, 0.25) is 11.8 Å². The summed E-state index contributed by atoms with van der Waals surface area (Å²) in [5.41, 5.74) is 1.48. The van der Waals surface area contributed by atoms with E-state index < -0.39 is 15.8 Å². The normalized spacial score (nSPS) is 11.3. The summed E-state index contributed by atoms with van der Waals surface area (Å²) < 4.78 is 53.1. The molecule has 0 saturated heterocycles. The highest BCUT2D eigenvalue weighted by Gasteiger charge is 2.23. The third-order valence-electron chi connectivity index (χ3n) is 4.58. The van der Waals surface area contributed by atoms with E-state index in [2.05, 4.69) is 9.71 Å². The topological polar surface area (TPSA) is 81.4 Å². The van der Waals surface area contributed by atoms with Crippen LogP contribution in [0, 0.1) is 5.82 Å². The Labute approximate surface area is 179 Å². The van der Waals surface area contributed by atoms with Crippen LogP contribution in [0.3, 0.4) is 0 Å². The number of aromatic nitrogens is 1. The second-order valence-corrected chi connectivity index (χ2v) is 8.40. The number of hydrogen-bond acceptors (Lipinski definition) is 5. The Hall–Kier alpha value is -3.65. The maximum atomic E-state index is 14.3. The lowest BCUT2D eigenvalue weighted by atomic mass is 10.1. The predicted octanol–water partition coefficient (Wildman–Crippen LogP) is 4.88. The number of ether oxygens (including phenoxy) is 1. The Kier molecular flexibility index (Phi) is 5.73. The van der Waals surface area contributed by atoms with Crippen LogP contribution in [0.15, 0.2) is 88.2 Å². The number of rotatable bonds is 7. The molecule has 0 unspecified atom stereocenters. The van der Waals surface area contributed by atoms with E-state index in [1.807, 2.05) is 30.3 Å². The van der Waals surface area contributed by atoms with Crippen LogP contribution in [0.5, 0.6) is 5.75 Å². The van der Waals surface area contributed by atoms with Crippen LogP contribution in [0.25, 0.3) is 11.3 Å². The fourth-order valence-corrected chi connectivity index (χ4v) is 4.09. The van der Waals surface area contributed by atoms with Crippen molar-refractivity contribution in [1.82, 2.24) is 4.98 Å². The highest BCUT2D eigenvalue weighted by Crippen LogP contribution is 2.33. The van der Waals surface area contributed by atoms with Crippen molar-refractivity contribution in [1.29, 1.82) is 0 Å². The van der Waals surface area contributed by atoms with Gasteiger partial charge in [0.05, 0.1) is 12.0 Å². The van der Waals surface area contributed by atoms with Crippen LogP contribution >= 0.6 is 0 Å². The number of benzene rings is 3. The minimum atomic E-state index is -3.93. The highest BCUT2D eigenvalue weighted by atomic mass is 32.2. The minimum absolute atomic E-state index is 0.0721. The number of oxazole rings is 1. The third kappa shape index (κ3) is 4.59. The van der Waals surface area contributed by atoms with Crippen molar-refractivity contribution in [2.24, 2.45) is 0 Å². The molecule has 4 aromatic rings. The first-order valence-corrected chi connectivity index (χ1v) is 10.9. The summed E-state index contributed by atoms with van der Waals surface area (Å²) in [6, 6.07) is 21.6. The molecule has 0 radical (unpaired) electrons. The molecule has 3 aromatic carbocycles. The first kappa shape index (κ1) is 20.6. The molecule has 6 nitrogen and oxygen atoms in total. The van der Waals surface area contributed by atoms with Gasteiger partial charge in [-0.05, 0) is 35.9 Å². The van der Waals surface area contributed by atoms with Crippen LogP contribution in [0.1, 0.15) is 11.5 Å². The van der Waals surface area contributed by atoms with E-state index in [1.165, 1.54) is 31.4 Å². The molecule has 31 heavy (non-hydrogen) atoms. The van der Waals surface area contributed by atoms with Crippen molar-refractivity contribution < 1.29 is 22.0 Å². The molecule has 0 amide bonds. The number of nitrogens with one attached hydrogen (secondary N) is 1. The van der Waals surface area contributed by atoms with Gasteiger partial charge in [-0.3, -0.25) is 0 Å². The van der Waals surface area contributed by atoms with Gasteiger partial charge in [-0.25, -0.2) is 22.5 Å². The van der Waals surface area contributed by atoms with Crippen LogP contribution in [-0.4, -0.2) is 20.5 Å². The van der Waals surface area contributed by atoms with Crippen molar-refractivity contribution >= 4 is 15.9 Å². The highest BCUT2D eigenvalue weighted by molar-refractivity contribution is 7.92. The molecule has 1 heterocycles. The van der Waals surface area contributed by atoms with E-state index in [0.717, 1.165) is 5.56 Å². The molecule has 0 aliphatic carbocycles. The van der Waals surface area contributed by atoms with E-state index in [-0.39, 0.29) is 22.2 Å². The van der Waals surface area contributed by atoms with Gasteiger partial charge in [0.1, 0.15) is 5.69 Å². The van der Waals surface area contributed by atoms with E-state index in [4.69, 9.17) is 9.15 Å². The van der Waals surface area contributed by atoms with Crippen LogP contribution in [0.4, 0.5) is 10.3 Å². The Balaban J connectivity index is 1.76. The van der Waals surface area contributed by atoms with Gasteiger partial charge >= 0.3 is 0 Å². The fraction of sp³-hybridized carbons (Fsp3) is 0.0870. The molecule has 0 saturated carbocycles. The molecular weight excluding hydrogens is 419 g/mol. The maximum absolute atomic E-state index is 14.3. The first-order chi connectivity index (χ1) is 15.0. The Morgan fingerprint density at radius 2 is 1.68 bits per heavy atom.